The average Bonchev–Trinajstić information content (AvgIpc) is 3.62. The molecule has 0 fully saturated rings. The molecule has 2 atom stereocenters. The van der Waals surface area contributed by atoms with Crippen molar-refractivity contribution in [1.29, 1.82) is 0 Å². The van der Waals surface area contributed by atoms with Gasteiger partial charge in [-0.2, -0.15) is 0 Å². The van der Waals surface area contributed by atoms with Gasteiger partial charge in [0.15, 0.2) is 23.1 Å². The molecular formula is C31H27ClN4O4S2. The summed E-state index contributed by atoms with van der Waals surface area (Å²) in [6, 6.07) is 21.8. The number of rotatable bonds is 9. The van der Waals surface area contributed by atoms with Crippen LogP contribution in [0.2, 0.25) is 5.02 Å². The van der Waals surface area contributed by atoms with E-state index in [1.165, 1.54) is 11.3 Å². The molecule has 1 aliphatic rings. The molecule has 0 bridgehead atoms. The molecule has 214 valence electrons. The van der Waals surface area contributed by atoms with Crippen molar-refractivity contribution in [2.75, 3.05) is 14.2 Å². The minimum absolute atomic E-state index is 0.0718. The number of nitrogens with zero attached hydrogens (tertiary/aromatic N) is 4. The van der Waals surface area contributed by atoms with Crippen molar-refractivity contribution in [2.24, 2.45) is 0 Å². The summed E-state index contributed by atoms with van der Waals surface area (Å²) in [6.45, 7) is 0. The molecule has 42 heavy (non-hydrogen) atoms. The number of hydrogen-bond acceptors (Lipinski definition) is 8. The number of thioether (sulfide) groups is 1. The predicted octanol–water partition coefficient (Wildman–Crippen LogP) is 7.20. The summed E-state index contributed by atoms with van der Waals surface area (Å²) in [6.07, 6.45) is 2.89. The fraction of sp³-hybridized carbons (Fsp3) is 0.226. The lowest BCUT2D eigenvalue weighted by Gasteiger charge is -2.23. The summed E-state index contributed by atoms with van der Waals surface area (Å²) in [7, 11) is 3.28. The van der Waals surface area contributed by atoms with Gasteiger partial charge in [0.05, 0.1) is 41.8 Å². The predicted molar refractivity (Wildman–Crippen MR) is 165 cm³/mol. The Morgan fingerprint density at radius 1 is 1.02 bits per heavy atom. The summed E-state index contributed by atoms with van der Waals surface area (Å²) in [5.74, 6) is 2.02. The quantitative estimate of drug-likeness (QED) is 0.185. The van der Waals surface area contributed by atoms with Gasteiger partial charge in [-0.15, -0.1) is 33.3 Å². The van der Waals surface area contributed by atoms with Crippen LogP contribution in [0.25, 0.3) is 17.1 Å². The number of carbonyl (C=O) groups is 1. The number of aromatic nitrogens is 4. The van der Waals surface area contributed by atoms with Gasteiger partial charge in [-0.25, -0.2) is 4.98 Å². The summed E-state index contributed by atoms with van der Waals surface area (Å²) in [5.41, 5.74) is 3.84. The van der Waals surface area contributed by atoms with Crippen molar-refractivity contribution in [2.45, 2.75) is 29.8 Å². The van der Waals surface area contributed by atoms with Crippen LogP contribution in [0.5, 0.6) is 11.5 Å². The monoisotopic (exact) mass is 618 g/mol. The van der Waals surface area contributed by atoms with E-state index in [1.54, 1.807) is 32.2 Å². The number of para-hydroxylation sites is 1. The molecule has 2 unspecified atom stereocenters. The van der Waals surface area contributed by atoms with Gasteiger partial charge in [0, 0.05) is 33.6 Å². The first-order chi connectivity index (χ1) is 20.5. The summed E-state index contributed by atoms with van der Waals surface area (Å²) in [4.78, 5) is 16.7. The third-order valence-electron chi connectivity index (χ3n) is 7.08. The van der Waals surface area contributed by atoms with E-state index in [9.17, 15) is 4.79 Å². The van der Waals surface area contributed by atoms with E-state index in [0.29, 0.717) is 29.4 Å². The molecule has 3 heterocycles. The number of carboxylic acids is 1. The lowest BCUT2D eigenvalue weighted by atomic mass is 10.0. The van der Waals surface area contributed by atoms with Crippen LogP contribution in [-0.2, 0) is 17.6 Å². The summed E-state index contributed by atoms with van der Waals surface area (Å²) >= 11 is 9.91. The summed E-state index contributed by atoms with van der Waals surface area (Å²) < 4.78 is 13.7. The second-order valence-corrected chi connectivity index (χ2v) is 12.6. The SMILES string of the molecule is COc1cccc(C2SC(Cc3ncc(CCC(=O)O)s3)c3nnc(-c4ccccc4)n3-c3ccc(Cl)cc32)c1OC. The Morgan fingerprint density at radius 2 is 1.86 bits per heavy atom. The van der Waals surface area contributed by atoms with Crippen molar-refractivity contribution >= 4 is 40.7 Å². The average molecular weight is 619 g/mol. The molecule has 1 aliphatic heterocycles. The van der Waals surface area contributed by atoms with Crippen LogP contribution in [0, 0.1) is 0 Å². The number of benzene rings is 3. The molecule has 11 heteroatoms. The highest BCUT2D eigenvalue weighted by atomic mass is 35.5. The van der Waals surface area contributed by atoms with Gasteiger partial charge < -0.3 is 14.6 Å². The third-order valence-corrected chi connectivity index (χ3v) is 9.88. The highest BCUT2D eigenvalue weighted by molar-refractivity contribution is 8.00. The Labute approximate surface area is 256 Å². The van der Waals surface area contributed by atoms with E-state index in [0.717, 1.165) is 43.9 Å². The number of methoxy groups -OCH3 is 2. The molecule has 3 aromatic carbocycles. The number of aryl methyl sites for hydroxylation is 1. The van der Waals surface area contributed by atoms with Crippen LogP contribution in [0.4, 0.5) is 0 Å². The third kappa shape index (κ3) is 5.49. The zero-order chi connectivity index (χ0) is 29.2. The first-order valence-corrected chi connectivity index (χ1v) is 15.4. The van der Waals surface area contributed by atoms with Crippen LogP contribution in [0.3, 0.4) is 0 Å². The molecule has 0 spiro atoms. The normalized spacial score (nSPS) is 15.9. The van der Waals surface area contributed by atoms with E-state index in [1.807, 2.05) is 60.7 Å². The van der Waals surface area contributed by atoms with Crippen molar-refractivity contribution in [3.8, 4) is 28.6 Å². The fourth-order valence-corrected chi connectivity index (χ4v) is 7.98. The summed E-state index contributed by atoms with van der Waals surface area (Å²) in [5, 5.41) is 19.8. The molecule has 0 amide bonds. The van der Waals surface area contributed by atoms with Crippen LogP contribution in [-0.4, -0.2) is 45.0 Å². The maximum atomic E-state index is 11.1. The second kappa shape index (κ2) is 12.2. The van der Waals surface area contributed by atoms with Gasteiger partial charge in [-0.3, -0.25) is 9.36 Å². The van der Waals surface area contributed by atoms with E-state index < -0.39 is 5.97 Å². The lowest BCUT2D eigenvalue weighted by molar-refractivity contribution is -0.136. The first-order valence-electron chi connectivity index (χ1n) is 13.3. The van der Waals surface area contributed by atoms with E-state index >= 15 is 0 Å². The van der Waals surface area contributed by atoms with Crippen LogP contribution in [0.1, 0.15) is 43.8 Å². The highest BCUT2D eigenvalue weighted by Crippen LogP contribution is 2.54. The highest BCUT2D eigenvalue weighted by Gasteiger charge is 2.36. The number of hydrogen-bond donors (Lipinski definition) is 1. The molecule has 5 aromatic rings. The largest absolute Gasteiger partial charge is 0.493 e. The van der Waals surface area contributed by atoms with E-state index in [-0.39, 0.29) is 16.9 Å². The first kappa shape index (κ1) is 28.3. The lowest BCUT2D eigenvalue weighted by Crippen LogP contribution is -2.07. The Kier molecular flexibility index (Phi) is 8.19. The van der Waals surface area contributed by atoms with Gasteiger partial charge in [0.2, 0.25) is 0 Å². The van der Waals surface area contributed by atoms with Crippen LogP contribution < -0.4 is 9.47 Å². The van der Waals surface area contributed by atoms with Gasteiger partial charge in [-0.05, 0) is 36.2 Å². The van der Waals surface area contributed by atoms with E-state index in [4.69, 9.17) is 31.3 Å². The zero-order valence-electron chi connectivity index (χ0n) is 22.9. The maximum absolute atomic E-state index is 11.1. The molecule has 0 aliphatic carbocycles. The number of aliphatic carboxylic acids is 1. The standard InChI is InChI=1S/C31H27ClN4O4S2/c1-39-24-10-6-9-21(28(24)40-2)29-22-15-19(32)11-13-23(22)36-30(18-7-4-3-5-8-18)34-35-31(36)25(42-29)16-26-33-17-20(41-26)12-14-27(37)38/h3-11,13,15,17,25,29H,12,14,16H2,1-2H3,(H,37,38). The number of thiazole rings is 1. The molecule has 1 N–H and O–H groups in total. The number of ether oxygens (including phenoxy) is 2. The topological polar surface area (TPSA) is 99.4 Å². The van der Waals surface area contributed by atoms with Gasteiger partial charge in [0.1, 0.15) is 0 Å². The zero-order valence-corrected chi connectivity index (χ0v) is 25.2. The molecule has 0 saturated carbocycles. The smallest absolute Gasteiger partial charge is 0.303 e. The van der Waals surface area contributed by atoms with Gasteiger partial charge >= 0.3 is 5.97 Å². The van der Waals surface area contributed by atoms with Crippen molar-refractivity contribution in [3.05, 3.63) is 105 Å². The van der Waals surface area contributed by atoms with Crippen molar-refractivity contribution in [3.63, 3.8) is 0 Å². The Bertz CT molecular complexity index is 1740. The van der Waals surface area contributed by atoms with E-state index in [2.05, 4.69) is 20.7 Å². The Morgan fingerprint density at radius 3 is 2.62 bits per heavy atom. The maximum Gasteiger partial charge on any atom is 0.303 e. The van der Waals surface area contributed by atoms with Crippen molar-refractivity contribution < 1.29 is 19.4 Å². The molecular weight excluding hydrogens is 592 g/mol. The molecule has 6 rings (SSSR count). The van der Waals surface area contributed by atoms with Crippen LogP contribution >= 0.6 is 34.7 Å². The van der Waals surface area contributed by atoms with Gasteiger partial charge in [0.25, 0.3) is 0 Å². The molecule has 2 aromatic heterocycles. The Hall–Kier alpha value is -3.86. The minimum atomic E-state index is -0.822. The number of halogens is 1. The van der Waals surface area contributed by atoms with Crippen molar-refractivity contribution in [1.82, 2.24) is 19.7 Å². The number of fused-ring (bicyclic) bond motifs is 3. The molecule has 0 saturated heterocycles. The minimum Gasteiger partial charge on any atom is -0.493 e. The molecule has 0 radical (unpaired) electrons. The van der Waals surface area contributed by atoms with Crippen LogP contribution in [0.15, 0.2) is 72.9 Å². The fourth-order valence-electron chi connectivity index (χ4n) is 5.20. The number of carboxylic acid groups (broad SMARTS) is 1. The Balaban J connectivity index is 1.53. The second-order valence-electron chi connectivity index (χ2n) is 9.69. The molecule has 8 nitrogen and oxygen atoms in total. The van der Waals surface area contributed by atoms with Gasteiger partial charge in [-0.1, -0.05) is 54.1 Å².